The first-order chi connectivity index (χ1) is 10.2. The van der Waals surface area contributed by atoms with Crippen molar-refractivity contribution in [3.63, 3.8) is 0 Å². The van der Waals surface area contributed by atoms with Crippen LogP contribution in [0.25, 0.3) is 11.2 Å². The molecule has 5 heteroatoms. The summed E-state index contributed by atoms with van der Waals surface area (Å²) in [6.45, 7) is 9.32. The molecule has 1 saturated heterocycles. The van der Waals surface area contributed by atoms with Gasteiger partial charge in [0.2, 0.25) is 0 Å². The van der Waals surface area contributed by atoms with Crippen molar-refractivity contribution >= 4 is 11.2 Å². The molecule has 1 radical (unpaired) electrons. The molecule has 0 amide bonds. The normalized spacial score (nSPS) is 19.5. The van der Waals surface area contributed by atoms with Crippen molar-refractivity contribution < 1.29 is 4.74 Å². The zero-order valence-electron chi connectivity index (χ0n) is 12.9. The van der Waals surface area contributed by atoms with Crippen molar-refractivity contribution in [3.8, 4) is 0 Å². The first kappa shape index (κ1) is 14.4. The van der Waals surface area contributed by atoms with E-state index < -0.39 is 0 Å². The molecule has 0 spiro atoms. The summed E-state index contributed by atoms with van der Waals surface area (Å²) in [4.78, 5) is 13.5. The quantitative estimate of drug-likeness (QED) is 0.866. The molecule has 1 atom stereocenters. The average Bonchev–Trinajstić information content (AvgIpc) is 2.82. The maximum atomic E-state index is 5.87. The molecule has 113 valence electrons. The zero-order chi connectivity index (χ0) is 14.8. The molecule has 1 unspecified atom stereocenters. The van der Waals surface area contributed by atoms with Crippen LogP contribution < -0.4 is 0 Å². The molecule has 3 rings (SSSR count). The number of aromatic nitrogens is 4. The Bertz CT molecular complexity index is 614. The van der Waals surface area contributed by atoms with Crippen molar-refractivity contribution in [2.75, 3.05) is 6.61 Å². The summed E-state index contributed by atoms with van der Waals surface area (Å²) in [5, 5.41) is 0. The second-order valence-corrected chi connectivity index (χ2v) is 6.14. The fraction of sp³-hybridized carbons (Fsp3) is 0.625. The number of aryl methyl sites for hydroxylation is 1. The van der Waals surface area contributed by atoms with E-state index in [9.17, 15) is 0 Å². The van der Waals surface area contributed by atoms with Gasteiger partial charge in [-0.1, -0.05) is 13.8 Å². The molecule has 1 fully saturated rings. The molecule has 21 heavy (non-hydrogen) atoms. The highest BCUT2D eigenvalue weighted by Crippen LogP contribution is 2.28. The first-order valence-corrected chi connectivity index (χ1v) is 7.82. The van der Waals surface area contributed by atoms with Crippen LogP contribution in [-0.2, 0) is 11.2 Å². The Morgan fingerprint density at radius 3 is 2.95 bits per heavy atom. The largest absolute Gasteiger partial charge is 0.358 e. The van der Waals surface area contributed by atoms with Gasteiger partial charge in [-0.05, 0) is 38.0 Å². The highest BCUT2D eigenvalue weighted by atomic mass is 16.5. The number of rotatable bonds is 4. The Morgan fingerprint density at radius 2 is 2.24 bits per heavy atom. The van der Waals surface area contributed by atoms with Crippen LogP contribution in [0.1, 0.15) is 57.3 Å². The molecular formula is C16H23N4O. The molecule has 5 nitrogen and oxygen atoms in total. The minimum atomic E-state index is 0.0177. The van der Waals surface area contributed by atoms with Crippen LogP contribution in [0, 0.1) is 12.8 Å². The molecule has 2 aromatic rings. The van der Waals surface area contributed by atoms with Gasteiger partial charge < -0.3 is 4.74 Å². The average molecular weight is 287 g/mol. The molecule has 0 aliphatic carbocycles. The van der Waals surface area contributed by atoms with E-state index in [1.54, 1.807) is 6.33 Å². The van der Waals surface area contributed by atoms with Crippen molar-refractivity contribution in [3.05, 3.63) is 24.8 Å². The van der Waals surface area contributed by atoms with Crippen LogP contribution in [0.2, 0.25) is 0 Å². The number of hydrogen-bond acceptors (Lipinski definition) is 4. The van der Waals surface area contributed by atoms with Crippen molar-refractivity contribution in [1.29, 1.82) is 0 Å². The predicted octanol–water partition coefficient (Wildman–Crippen LogP) is 3.30. The Hall–Kier alpha value is -1.49. The van der Waals surface area contributed by atoms with Crippen LogP contribution in [0.15, 0.2) is 6.33 Å². The standard InChI is InChI=1S/C16H23N4O/c1-11(2)7-8-13-15-16(18-10-17-13)20(12(3)19-15)14-6-4-5-9-21-14/h10-11,14H,3-9H2,1-2H3. The van der Waals surface area contributed by atoms with Gasteiger partial charge in [0.1, 0.15) is 23.9 Å². The molecule has 0 saturated carbocycles. The van der Waals surface area contributed by atoms with Crippen LogP contribution in [-0.4, -0.2) is 26.1 Å². The Morgan fingerprint density at radius 1 is 1.38 bits per heavy atom. The molecule has 0 bridgehead atoms. The van der Waals surface area contributed by atoms with E-state index in [-0.39, 0.29) is 6.23 Å². The number of fused-ring (bicyclic) bond motifs is 1. The number of ether oxygens (including phenoxy) is 1. The highest BCUT2D eigenvalue weighted by molar-refractivity contribution is 5.74. The smallest absolute Gasteiger partial charge is 0.165 e. The second-order valence-electron chi connectivity index (χ2n) is 6.14. The van der Waals surface area contributed by atoms with Gasteiger partial charge in [0, 0.05) is 13.5 Å². The lowest BCUT2D eigenvalue weighted by atomic mass is 10.1. The molecule has 0 aromatic carbocycles. The molecule has 2 aromatic heterocycles. The van der Waals surface area contributed by atoms with E-state index in [0.29, 0.717) is 5.92 Å². The monoisotopic (exact) mass is 287 g/mol. The maximum Gasteiger partial charge on any atom is 0.165 e. The third-order valence-corrected chi connectivity index (χ3v) is 4.03. The second kappa shape index (κ2) is 6.10. The lowest BCUT2D eigenvalue weighted by molar-refractivity contribution is -0.0304. The molecule has 1 aliphatic heterocycles. The summed E-state index contributed by atoms with van der Waals surface area (Å²) in [6, 6.07) is 0. The van der Waals surface area contributed by atoms with Crippen LogP contribution in [0.3, 0.4) is 0 Å². The van der Waals surface area contributed by atoms with Crippen LogP contribution in [0.4, 0.5) is 0 Å². The minimum absolute atomic E-state index is 0.0177. The van der Waals surface area contributed by atoms with E-state index in [4.69, 9.17) is 4.74 Å². The lowest BCUT2D eigenvalue weighted by Gasteiger charge is -2.24. The predicted molar refractivity (Wildman–Crippen MR) is 81.8 cm³/mol. The Balaban J connectivity index is 1.98. The summed E-state index contributed by atoms with van der Waals surface area (Å²) in [5.41, 5.74) is 2.77. The van der Waals surface area contributed by atoms with Crippen LogP contribution in [0.5, 0.6) is 0 Å². The van der Waals surface area contributed by atoms with Gasteiger partial charge in [0.05, 0.1) is 5.69 Å². The van der Waals surface area contributed by atoms with Crippen LogP contribution >= 0.6 is 0 Å². The van der Waals surface area contributed by atoms with Crippen molar-refractivity contribution in [2.24, 2.45) is 5.92 Å². The summed E-state index contributed by atoms with van der Waals surface area (Å²) in [6.07, 6.45) is 6.99. The number of hydrogen-bond donors (Lipinski definition) is 0. The lowest BCUT2D eigenvalue weighted by Crippen LogP contribution is -2.19. The van der Waals surface area contributed by atoms with E-state index in [1.807, 2.05) is 4.57 Å². The van der Waals surface area contributed by atoms with Gasteiger partial charge in [-0.2, -0.15) is 0 Å². The zero-order valence-corrected chi connectivity index (χ0v) is 12.9. The first-order valence-electron chi connectivity index (χ1n) is 7.82. The third-order valence-electron chi connectivity index (χ3n) is 4.03. The summed E-state index contributed by atoms with van der Waals surface area (Å²) < 4.78 is 7.91. The van der Waals surface area contributed by atoms with Gasteiger partial charge in [-0.3, -0.25) is 4.57 Å². The van der Waals surface area contributed by atoms with Crippen molar-refractivity contribution in [2.45, 2.75) is 52.2 Å². The topological polar surface area (TPSA) is 52.8 Å². The summed E-state index contributed by atoms with van der Waals surface area (Å²) in [5.74, 6) is 1.38. The van der Waals surface area contributed by atoms with Crippen molar-refractivity contribution in [1.82, 2.24) is 19.5 Å². The Kier molecular flexibility index (Phi) is 4.19. The summed E-state index contributed by atoms with van der Waals surface area (Å²) >= 11 is 0. The fourth-order valence-electron chi connectivity index (χ4n) is 2.84. The molecule has 0 N–H and O–H groups in total. The number of nitrogens with zero attached hydrogens (tertiary/aromatic N) is 4. The molecular weight excluding hydrogens is 264 g/mol. The molecule has 3 heterocycles. The van der Waals surface area contributed by atoms with E-state index in [1.165, 1.54) is 6.42 Å². The summed E-state index contributed by atoms with van der Waals surface area (Å²) in [7, 11) is 0. The SMILES string of the molecule is [CH2]c1nc2c(CCC(C)C)ncnc2n1C1CCCCO1. The van der Waals surface area contributed by atoms with Gasteiger partial charge in [-0.15, -0.1) is 0 Å². The van der Waals surface area contributed by atoms with E-state index in [2.05, 4.69) is 35.7 Å². The van der Waals surface area contributed by atoms with Gasteiger partial charge in [0.15, 0.2) is 5.65 Å². The van der Waals surface area contributed by atoms with Gasteiger partial charge >= 0.3 is 0 Å². The van der Waals surface area contributed by atoms with E-state index >= 15 is 0 Å². The minimum Gasteiger partial charge on any atom is -0.358 e. The number of imidazole rings is 1. The van der Waals surface area contributed by atoms with Gasteiger partial charge in [-0.25, -0.2) is 15.0 Å². The van der Waals surface area contributed by atoms with Gasteiger partial charge in [0.25, 0.3) is 0 Å². The Labute approximate surface area is 125 Å². The maximum absolute atomic E-state index is 5.87. The third kappa shape index (κ3) is 2.93. The molecule has 1 aliphatic rings. The van der Waals surface area contributed by atoms with E-state index in [0.717, 1.165) is 55.0 Å². The fourth-order valence-corrected chi connectivity index (χ4v) is 2.84. The highest BCUT2D eigenvalue weighted by Gasteiger charge is 2.22.